The molecule has 0 saturated heterocycles. The second-order valence-electron chi connectivity index (χ2n) is 3.05. The van der Waals surface area contributed by atoms with Crippen LogP contribution in [0.15, 0.2) is 22.9 Å². The Morgan fingerprint density at radius 3 is 2.94 bits per heavy atom. The average Bonchev–Trinajstić information content (AvgIpc) is 2.82. The van der Waals surface area contributed by atoms with Gasteiger partial charge in [0.15, 0.2) is 10.3 Å². The van der Waals surface area contributed by atoms with Gasteiger partial charge >= 0.3 is 0 Å². The molecule has 2 aromatic rings. The molecular formula is C9H6Cl2N4O2. The van der Waals surface area contributed by atoms with Crippen molar-refractivity contribution in [2.45, 2.75) is 6.54 Å². The normalized spacial score (nSPS) is 10.2. The average molecular weight is 273 g/mol. The molecule has 0 aliphatic heterocycles. The van der Waals surface area contributed by atoms with Gasteiger partial charge in [-0.05, 0) is 6.07 Å². The molecule has 6 nitrogen and oxygen atoms in total. The minimum absolute atomic E-state index is 0.00736. The van der Waals surface area contributed by atoms with E-state index in [1.165, 1.54) is 12.3 Å². The predicted molar refractivity (Wildman–Crippen MR) is 59.7 cm³/mol. The summed E-state index contributed by atoms with van der Waals surface area (Å²) in [4.78, 5) is 11.7. The van der Waals surface area contributed by atoms with Gasteiger partial charge in [-0.2, -0.15) is 0 Å². The van der Waals surface area contributed by atoms with Gasteiger partial charge in [-0.15, -0.1) is 10.2 Å². The van der Waals surface area contributed by atoms with Gasteiger partial charge in [0.1, 0.15) is 12.0 Å². The number of carbonyl (C=O) groups excluding carboxylic acids is 1. The van der Waals surface area contributed by atoms with Crippen LogP contribution in [0.2, 0.25) is 10.3 Å². The minimum Gasteiger partial charge on any atom is -0.364 e. The molecule has 1 amide bonds. The highest BCUT2D eigenvalue weighted by molar-refractivity contribution is 6.34. The number of amides is 1. The van der Waals surface area contributed by atoms with Crippen molar-refractivity contribution in [3.05, 3.63) is 40.0 Å². The molecule has 0 spiro atoms. The number of rotatable bonds is 3. The fraction of sp³-hybridized carbons (Fsp3) is 0.111. The van der Waals surface area contributed by atoms with Gasteiger partial charge in [-0.1, -0.05) is 28.4 Å². The van der Waals surface area contributed by atoms with E-state index in [2.05, 4.69) is 25.2 Å². The van der Waals surface area contributed by atoms with E-state index >= 15 is 0 Å². The number of nitrogens with one attached hydrogen (secondary N) is 1. The number of carbonyl (C=O) groups is 1. The number of hydrogen-bond acceptors (Lipinski definition) is 5. The molecule has 1 N–H and O–H groups in total. The maximum atomic E-state index is 11.7. The van der Waals surface area contributed by atoms with Gasteiger partial charge in [-0.3, -0.25) is 4.79 Å². The molecule has 2 heterocycles. The third-order valence-electron chi connectivity index (χ3n) is 1.88. The highest BCUT2D eigenvalue weighted by Gasteiger charge is 2.13. The van der Waals surface area contributed by atoms with Crippen LogP contribution in [0, 0.1) is 0 Å². The fourth-order valence-electron chi connectivity index (χ4n) is 1.11. The summed E-state index contributed by atoms with van der Waals surface area (Å²) in [5, 5.41) is 13.4. The van der Waals surface area contributed by atoms with Crippen molar-refractivity contribution in [2.75, 3.05) is 0 Å². The van der Waals surface area contributed by atoms with Crippen LogP contribution in [-0.2, 0) is 6.54 Å². The van der Waals surface area contributed by atoms with Crippen LogP contribution >= 0.6 is 23.2 Å². The molecular weight excluding hydrogens is 267 g/mol. The third-order valence-corrected chi connectivity index (χ3v) is 2.35. The Morgan fingerprint density at radius 1 is 1.41 bits per heavy atom. The molecule has 0 radical (unpaired) electrons. The van der Waals surface area contributed by atoms with Crippen LogP contribution in [0.4, 0.5) is 0 Å². The summed E-state index contributed by atoms with van der Waals surface area (Å²) >= 11 is 11.3. The summed E-state index contributed by atoms with van der Waals surface area (Å²) < 4.78 is 4.62. The predicted octanol–water partition coefficient (Wildman–Crippen LogP) is 1.70. The van der Waals surface area contributed by atoms with Gasteiger partial charge < -0.3 is 9.84 Å². The minimum atomic E-state index is -0.408. The van der Waals surface area contributed by atoms with E-state index in [9.17, 15) is 4.79 Å². The molecule has 0 unspecified atom stereocenters. The molecule has 0 aliphatic rings. The van der Waals surface area contributed by atoms with Crippen molar-refractivity contribution in [1.82, 2.24) is 20.7 Å². The highest BCUT2D eigenvalue weighted by Crippen LogP contribution is 2.15. The van der Waals surface area contributed by atoms with Crippen LogP contribution in [0.5, 0.6) is 0 Å². The Morgan fingerprint density at radius 2 is 2.24 bits per heavy atom. The van der Waals surface area contributed by atoms with E-state index in [-0.39, 0.29) is 22.4 Å². The molecule has 0 atom stereocenters. The van der Waals surface area contributed by atoms with Crippen molar-refractivity contribution in [1.29, 1.82) is 0 Å². The first kappa shape index (κ1) is 11.8. The zero-order chi connectivity index (χ0) is 12.3. The van der Waals surface area contributed by atoms with E-state index in [0.29, 0.717) is 5.69 Å². The molecule has 0 bridgehead atoms. The Balaban J connectivity index is 2.07. The van der Waals surface area contributed by atoms with Crippen LogP contribution < -0.4 is 5.32 Å². The van der Waals surface area contributed by atoms with Crippen molar-refractivity contribution >= 4 is 29.1 Å². The summed E-state index contributed by atoms with van der Waals surface area (Å²) in [5.41, 5.74) is 0.762. The molecule has 88 valence electrons. The maximum Gasteiger partial charge on any atom is 0.254 e. The maximum absolute atomic E-state index is 11.7. The number of nitrogens with zero attached hydrogens (tertiary/aromatic N) is 3. The lowest BCUT2D eigenvalue weighted by Crippen LogP contribution is -2.23. The Labute approximate surface area is 106 Å². The first-order valence-electron chi connectivity index (χ1n) is 4.53. The van der Waals surface area contributed by atoms with Gasteiger partial charge in [0.2, 0.25) is 0 Å². The summed E-state index contributed by atoms with van der Waals surface area (Å²) in [6.07, 6.45) is 1.42. The first-order valence-corrected chi connectivity index (χ1v) is 5.28. The van der Waals surface area contributed by atoms with Crippen LogP contribution in [0.1, 0.15) is 16.1 Å². The zero-order valence-electron chi connectivity index (χ0n) is 8.35. The lowest BCUT2D eigenvalue weighted by molar-refractivity contribution is 0.0949. The monoisotopic (exact) mass is 272 g/mol. The molecule has 0 fully saturated rings. The second kappa shape index (κ2) is 5.11. The lowest BCUT2D eigenvalue weighted by Gasteiger charge is -2.03. The van der Waals surface area contributed by atoms with Crippen LogP contribution in [-0.4, -0.2) is 21.3 Å². The largest absolute Gasteiger partial charge is 0.364 e. The van der Waals surface area contributed by atoms with E-state index in [4.69, 9.17) is 23.2 Å². The summed E-state index contributed by atoms with van der Waals surface area (Å²) in [6.45, 7) is 0.228. The SMILES string of the molecule is O=C(NCc1ccon1)c1cc(Cl)nnc1Cl. The summed E-state index contributed by atoms with van der Waals surface area (Å²) in [5.74, 6) is -0.408. The molecule has 0 aliphatic carbocycles. The molecule has 8 heteroatoms. The summed E-state index contributed by atoms with van der Waals surface area (Å²) in [6, 6.07) is 2.98. The molecule has 2 rings (SSSR count). The molecule has 0 aromatic carbocycles. The number of hydrogen-bond donors (Lipinski definition) is 1. The van der Waals surface area contributed by atoms with Gasteiger partial charge in [-0.25, -0.2) is 0 Å². The van der Waals surface area contributed by atoms with Crippen molar-refractivity contribution in [2.24, 2.45) is 0 Å². The molecule has 2 aromatic heterocycles. The smallest absolute Gasteiger partial charge is 0.254 e. The van der Waals surface area contributed by atoms with Gasteiger partial charge in [0, 0.05) is 6.07 Å². The van der Waals surface area contributed by atoms with Crippen molar-refractivity contribution in [3.63, 3.8) is 0 Å². The third kappa shape index (κ3) is 2.92. The molecule has 0 saturated carbocycles. The Bertz CT molecular complexity index is 530. The first-order chi connectivity index (χ1) is 8.16. The Kier molecular flexibility index (Phi) is 3.55. The summed E-state index contributed by atoms with van der Waals surface area (Å²) in [7, 11) is 0. The zero-order valence-corrected chi connectivity index (χ0v) is 9.87. The highest BCUT2D eigenvalue weighted by atomic mass is 35.5. The second-order valence-corrected chi connectivity index (χ2v) is 3.79. The van der Waals surface area contributed by atoms with E-state index in [1.807, 2.05) is 0 Å². The fourth-order valence-corrected chi connectivity index (χ4v) is 1.43. The Hall–Kier alpha value is -1.66. The van der Waals surface area contributed by atoms with Gasteiger partial charge in [0.05, 0.1) is 12.1 Å². The van der Waals surface area contributed by atoms with E-state index < -0.39 is 5.91 Å². The number of aromatic nitrogens is 3. The van der Waals surface area contributed by atoms with Gasteiger partial charge in [0.25, 0.3) is 5.91 Å². The van der Waals surface area contributed by atoms with Crippen molar-refractivity contribution in [3.8, 4) is 0 Å². The van der Waals surface area contributed by atoms with Crippen LogP contribution in [0.25, 0.3) is 0 Å². The van der Waals surface area contributed by atoms with Crippen LogP contribution in [0.3, 0.4) is 0 Å². The molecule has 17 heavy (non-hydrogen) atoms. The topological polar surface area (TPSA) is 80.9 Å². The quantitative estimate of drug-likeness (QED) is 0.920. The van der Waals surface area contributed by atoms with E-state index in [0.717, 1.165) is 0 Å². The standard InChI is InChI=1S/C9H6Cl2N4O2/c10-7-3-6(8(11)14-13-7)9(16)12-4-5-1-2-17-15-5/h1-3H,4H2,(H,12,16). The lowest BCUT2D eigenvalue weighted by atomic mass is 10.3. The van der Waals surface area contributed by atoms with E-state index in [1.54, 1.807) is 6.07 Å². The number of halogens is 2. The van der Waals surface area contributed by atoms with Crippen molar-refractivity contribution < 1.29 is 9.32 Å².